The van der Waals surface area contributed by atoms with Crippen LogP contribution in [0.2, 0.25) is 0 Å². The minimum Gasteiger partial charge on any atom is -0.506 e. The van der Waals surface area contributed by atoms with Crippen molar-refractivity contribution >= 4 is 27.5 Å². The summed E-state index contributed by atoms with van der Waals surface area (Å²) in [5.41, 5.74) is 6.10. The Balaban J connectivity index is 2.30. The zero-order valence-electron chi connectivity index (χ0n) is 8.69. The van der Waals surface area contributed by atoms with Gasteiger partial charge in [0, 0.05) is 17.4 Å². The van der Waals surface area contributed by atoms with Crippen molar-refractivity contribution in [2.45, 2.75) is 6.42 Å². The second kappa shape index (κ2) is 4.43. The van der Waals surface area contributed by atoms with E-state index in [0.717, 1.165) is 4.47 Å². The minimum atomic E-state index is 0.0175. The molecule has 1 unspecified atom stereocenters. The molecule has 0 aliphatic carbocycles. The summed E-state index contributed by atoms with van der Waals surface area (Å²) in [7, 11) is 0. The molecule has 86 valence electrons. The largest absolute Gasteiger partial charge is 0.506 e. The number of halogens is 1. The second-order valence-corrected chi connectivity index (χ2v) is 4.86. The van der Waals surface area contributed by atoms with Gasteiger partial charge in [-0.05, 0) is 30.7 Å². The molecule has 1 atom stereocenters. The Hall–Kier alpha value is -1.07. The molecule has 2 rings (SSSR count). The molecule has 1 fully saturated rings. The Morgan fingerprint density at radius 3 is 2.94 bits per heavy atom. The average molecular weight is 285 g/mol. The Bertz CT molecular complexity index is 422. The lowest BCUT2D eigenvalue weighted by Gasteiger charge is -2.18. The van der Waals surface area contributed by atoms with Crippen molar-refractivity contribution in [2.24, 2.45) is 11.7 Å². The molecule has 3 N–H and O–H groups in total. The predicted octanol–water partition coefficient (Wildman–Crippen LogP) is 1.47. The van der Waals surface area contributed by atoms with Gasteiger partial charge in [-0.3, -0.25) is 4.79 Å². The summed E-state index contributed by atoms with van der Waals surface area (Å²) in [4.78, 5) is 13.3. The summed E-state index contributed by atoms with van der Waals surface area (Å²) >= 11 is 3.32. The van der Waals surface area contributed by atoms with Crippen molar-refractivity contribution in [1.29, 1.82) is 0 Å². The molecular weight excluding hydrogens is 272 g/mol. The van der Waals surface area contributed by atoms with Gasteiger partial charge in [0.25, 0.3) is 0 Å². The van der Waals surface area contributed by atoms with E-state index < -0.39 is 0 Å². The summed E-state index contributed by atoms with van der Waals surface area (Å²) in [6, 6.07) is 5.05. The normalized spacial score (nSPS) is 20.5. The Morgan fingerprint density at radius 2 is 2.31 bits per heavy atom. The lowest BCUT2D eigenvalue weighted by Crippen LogP contribution is -2.25. The van der Waals surface area contributed by atoms with Crippen molar-refractivity contribution in [3.63, 3.8) is 0 Å². The van der Waals surface area contributed by atoms with Crippen LogP contribution in [0, 0.1) is 5.92 Å². The highest BCUT2D eigenvalue weighted by Gasteiger charge is 2.31. The highest BCUT2D eigenvalue weighted by molar-refractivity contribution is 9.10. The highest BCUT2D eigenvalue weighted by atomic mass is 79.9. The van der Waals surface area contributed by atoms with Crippen molar-refractivity contribution in [3.05, 3.63) is 22.7 Å². The van der Waals surface area contributed by atoms with Gasteiger partial charge in [-0.2, -0.15) is 0 Å². The molecule has 1 amide bonds. The van der Waals surface area contributed by atoms with E-state index in [4.69, 9.17) is 5.73 Å². The van der Waals surface area contributed by atoms with E-state index in [0.29, 0.717) is 25.2 Å². The van der Waals surface area contributed by atoms with Crippen LogP contribution in [0.5, 0.6) is 5.75 Å². The number of phenols is 1. The minimum absolute atomic E-state index is 0.0175. The number of carbonyl (C=O) groups is 1. The van der Waals surface area contributed by atoms with Gasteiger partial charge in [0.2, 0.25) is 5.91 Å². The fourth-order valence-corrected chi connectivity index (χ4v) is 2.23. The van der Waals surface area contributed by atoms with Crippen molar-refractivity contribution < 1.29 is 9.90 Å². The molecule has 0 saturated carbocycles. The van der Waals surface area contributed by atoms with Crippen molar-refractivity contribution in [3.8, 4) is 5.75 Å². The van der Waals surface area contributed by atoms with Crippen LogP contribution in [0.4, 0.5) is 5.69 Å². The number of carbonyl (C=O) groups excluding carboxylic acids is 1. The van der Waals surface area contributed by atoms with Crippen LogP contribution >= 0.6 is 15.9 Å². The molecule has 16 heavy (non-hydrogen) atoms. The lowest BCUT2D eigenvalue weighted by molar-refractivity contribution is -0.117. The number of rotatable bonds is 2. The lowest BCUT2D eigenvalue weighted by atomic mass is 10.1. The first-order valence-corrected chi connectivity index (χ1v) is 5.90. The molecule has 0 radical (unpaired) electrons. The molecular formula is C11H13BrN2O2. The molecule has 1 aromatic rings. The first kappa shape index (κ1) is 11.4. The van der Waals surface area contributed by atoms with Gasteiger partial charge in [-0.15, -0.1) is 0 Å². The third-order valence-corrected chi connectivity index (χ3v) is 3.26. The van der Waals surface area contributed by atoms with E-state index in [1.165, 1.54) is 0 Å². The van der Waals surface area contributed by atoms with Crippen LogP contribution in [0.25, 0.3) is 0 Å². The number of hydrogen-bond donors (Lipinski definition) is 2. The van der Waals surface area contributed by atoms with Gasteiger partial charge in [0.1, 0.15) is 5.75 Å². The molecule has 1 saturated heterocycles. The molecule has 0 bridgehead atoms. The number of phenolic OH excluding ortho intramolecular Hbond substituents is 1. The fraction of sp³-hybridized carbons (Fsp3) is 0.364. The van der Waals surface area contributed by atoms with E-state index in [1.54, 1.807) is 23.1 Å². The Morgan fingerprint density at radius 1 is 1.56 bits per heavy atom. The zero-order valence-corrected chi connectivity index (χ0v) is 10.3. The van der Waals surface area contributed by atoms with E-state index in [2.05, 4.69) is 15.9 Å². The molecule has 0 aromatic heterocycles. The molecule has 1 aromatic carbocycles. The SMILES string of the molecule is NCC1CC(=O)N(c2cc(Br)ccc2O)C1. The van der Waals surface area contributed by atoms with E-state index in [9.17, 15) is 9.90 Å². The number of nitrogens with two attached hydrogens (primary N) is 1. The standard InChI is InChI=1S/C11H13BrN2O2/c12-8-1-2-10(15)9(4-8)14-6-7(5-13)3-11(14)16/h1-2,4,7,15H,3,5-6,13H2. The van der Waals surface area contributed by atoms with Gasteiger partial charge in [-0.1, -0.05) is 15.9 Å². The maximum absolute atomic E-state index is 11.8. The number of nitrogens with zero attached hydrogens (tertiary/aromatic N) is 1. The number of anilines is 1. The number of benzene rings is 1. The predicted molar refractivity (Wildman–Crippen MR) is 65.3 cm³/mol. The Kier molecular flexibility index (Phi) is 3.16. The first-order chi connectivity index (χ1) is 7.61. The molecule has 1 aliphatic rings. The van der Waals surface area contributed by atoms with Gasteiger partial charge in [-0.25, -0.2) is 0 Å². The highest BCUT2D eigenvalue weighted by Crippen LogP contribution is 2.34. The fourth-order valence-electron chi connectivity index (χ4n) is 1.89. The maximum Gasteiger partial charge on any atom is 0.227 e. The van der Waals surface area contributed by atoms with Gasteiger partial charge < -0.3 is 15.7 Å². The van der Waals surface area contributed by atoms with Crippen LogP contribution < -0.4 is 10.6 Å². The number of amides is 1. The average Bonchev–Trinajstić information content (AvgIpc) is 2.63. The number of hydrogen-bond acceptors (Lipinski definition) is 3. The van der Waals surface area contributed by atoms with Gasteiger partial charge in [0.15, 0.2) is 0 Å². The van der Waals surface area contributed by atoms with Gasteiger partial charge in [0.05, 0.1) is 5.69 Å². The van der Waals surface area contributed by atoms with E-state index in [1.807, 2.05) is 0 Å². The first-order valence-electron chi connectivity index (χ1n) is 5.10. The number of aromatic hydroxyl groups is 1. The molecule has 4 nitrogen and oxygen atoms in total. The summed E-state index contributed by atoms with van der Waals surface area (Å²) in [6.45, 7) is 1.08. The van der Waals surface area contributed by atoms with E-state index >= 15 is 0 Å². The van der Waals surface area contributed by atoms with Gasteiger partial charge >= 0.3 is 0 Å². The Labute approximate surface area is 102 Å². The van der Waals surface area contributed by atoms with Crippen LogP contribution in [0.15, 0.2) is 22.7 Å². The summed E-state index contributed by atoms with van der Waals surface area (Å²) in [5.74, 6) is 0.323. The smallest absolute Gasteiger partial charge is 0.227 e. The van der Waals surface area contributed by atoms with Crippen molar-refractivity contribution in [1.82, 2.24) is 0 Å². The van der Waals surface area contributed by atoms with Crippen LogP contribution in [0.3, 0.4) is 0 Å². The molecule has 5 heteroatoms. The van der Waals surface area contributed by atoms with E-state index in [-0.39, 0.29) is 17.6 Å². The third-order valence-electron chi connectivity index (χ3n) is 2.77. The van der Waals surface area contributed by atoms with Crippen LogP contribution in [0.1, 0.15) is 6.42 Å². The summed E-state index contributed by atoms with van der Waals surface area (Å²) in [5, 5.41) is 9.73. The summed E-state index contributed by atoms with van der Waals surface area (Å²) in [6.07, 6.45) is 0.461. The van der Waals surface area contributed by atoms with Crippen LogP contribution in [-0.2, 0) is 4.79 Å². The third kappa shape index (κ3) is 2.05. The monoisotopic (exact) mass is 284 g/mol. The maximum atomic E-state index is 11.8. The molecule has 0 spiro atoms. The second-order valence-electron chi connectivity index (χ2n) is 3.94. The summed E-state index contributed by atoms with van der Waals surface area (Å²) < 4.78 is 0.837. The quantitative estimate of drug-likeness (QED) is 0.864. The molecule has 1 heterocycles. The topological polar surface area (TPSA) is 66.6 Å². The van der Waals surface area contributed by atoms with Crippen LogP contribution in [-0.4, -0.2) is 24.1 Å². The van der Waals surface area contributed by atoms with Crippen molar-refractivity contribution in [2.75, 3.05) is 18.0 Å². The zero-order chi connectivity index (χ0) is 11.7. The molecule has 1 aliphatic heterocycles.